The lowest BCUT2D eigenvalue weighted by Crippen LogP contribution is -2.45. The van der Waals surface area contributed by atoms with E-state index in [4.69, 9.17) is 4.74 Å². The number of hydrogen-bond donors (Lipinski definition) is 0. The number of benzene rings is 3. The first kappa shape index (κ1) is 22.6. The molecule has 0 radical (unpaired) electrons. The molecule has 1 aliphatic heterocycles. The number of anilines is 1. The zero-order valence-electron chi connectivity index (χ0n) is 18.2. The largest absolute Gasteiger partial charge is 0.496 e. The van der Waals surface area contributed by atoms with Crippen molar-refractivity contribution in [3.05, 3.63) is 90.5 Å². The maximum atomic E-state index is 13.4. The van der Waals surface area contributed by atoms with Crippen LogP contribution in [-0.2, 0) is 20.9 Å². The molecule has 1 aliphatic rings. The van der Waals surface area contributed by atoms with Gasteiger partial charge in [-0.25, -0.2) is 4.90 Å². The Morgan fingerprint density at radius 3 is 2.30 bits per heavy atom. The molecule has 0 bridgehead atoms. The van der Waals surface area contributed by atoms with E-state index < -0.39 is 6.04 Å². The minimum absolute atomic E-state index is 0.0361. The van der Waals surface area contributed by atoms with Crippen LogP contribution in [0.4, 0.5) is 5.69 Å². The van der Waals surface area contributed by atoms with Crippen molar-refractivity contribution in [3.63, 3.8) is 0 Å². The number of thioether (sulfide) groups is 1. The number of rotatable bonds is 8. The highest BCUT2D eigenvalue weighted by molar-refractivity contribution is 8.00. The Morgan fingerprint density at radius 2 is 1.61 bits per heavy atom. The van der Waals surface area contributed by atoms with Crippen LogP contribution in [-0.4, -0.2) is 41.5 Å². The molecule has 1 unspecified atom stereocenters. The molecule has 3 amide bonds. The van der Waals surface area contributed by atoms with E-state index in [0.717, 1.165) is 10.5 Å². The maximum Gasteiger partial charge on any atom is 0.257 e. The molecule has 0 N–H and O–H groups in total. The second-order valence-corrected chi connectivity index (χ2v) is 8.59. The van der Waals surface area contributed by atoms with Gasteiger partial charge in [0.25, 0.3) is 5.91 Å². The predicted octanol–water partition coefficient (Wildman–Crippen LogP) is 4.15. The molecule has 1 atom stereocenters. The Balaban J connectivity index is 1.57. The molecule has 1 heterocycles. The number of carbonyl (C=O) groups is 3. The summed E-state index contributed by atoms with van der Waals surface area (Å²) in [6, 6.07) is 24.9. The number of hydrogen-bond acceptors (Lipinski definition) is 5. The molecule has 4 rings (SSSR count). The average Bonchev–Trinajstić information content (AvgIpc) is 3.15. The molecule has 33 heavy (non-hydrogen) atoms. The van der Waals surface area contributed by atoms with Gasteiger partial charge in [0.1, 0.15) is 11.8 Å². The van der Waals surface area contributed by atoms with E-state index in [2.05, 4.69) is 0 Å². The number of carbonyl (C=O) groups excluding carboxylic acids is 3. The summed E-state index contributed by atoms with van der Waals surface area (Å²) in [7, 11) is 1.59. The Morgan fingerprint density at radius 1 is 0.970 bits per heavy atom. The topological polar surface area (TPSA) is 66.9 Å². The van der Waals surface area contributed by atoms with Crippen LogP contribution in [0.3, 0.4) is 0 Å². The summed E-state index contributed by atoms with van der Waals surface area (Å²) in [5.41, 5.74) is 1.41. The van der Waals surface area contributed by atoms with E-state index in [9.17, 15) is 14.4 Å². The van der Waals surface area contributed by atoms with Gasteiger partial charge in [-0.3, -0.25) is 14.4 Å². The molecule has 6 nitrogen and oxygen atoms in total. The van der Waals surface area contributed by atoms with Crippen molar-refractivity contribution in [2.45, 2.75) is 23.9 Å². The molecule has 3 aromatic carbocycles. The van der Waals surface area contributed by atoms with Crippen LogP contribution in [0.5, 0.6) is 5.75 Å². The van der Waals surface area contributed by atoms with Gasteiger partial charge in [-0.2, -0.15) is 0 Å². The highest BCUT2D eigenvalue weighted by atomic mass is 32.2. The van der Waals surface area contributed by atoms with Crippen LogP contribution < -0.4 is 9.64 Å². The van der Waals surface area contributed by atoms with Crippen LogP contribution in [0.15, 0.2) is 89.8 Å². The maximum absolute atomic E-state index is 13.4. The molecular weight excluding hydrogens is 436 g/mol. The molecule has 0 aromatic heterocycles. The van der Waals surface area contributed by atoms with E-state index >= 15 is 0 Å². The van der Waals surface area contributed by atoms with Gasteiger partial charge >= 0.3 is 0 Å². The van der Waals surface area contributed by atoms with Gasteiger partial charge in [0, 0.05) is 11.4 Å². The molecule has 0 spiro atoms. The van der Waals surface area contributed by atoms with Crippen LogP contribution in [0.2, 0.25) is 0 Å². The van der Waals surface area contributed by atoms with Gasteiger partial charge in [-0.1, -0.05) is 60.7 Å². The summed E-state index contributed by atoms with van der Waals surface area (Å²) < 4.78 is 5.38. The van der Waals surface area contributed by atoms with Gasteiger partial charge in [0.2, 0.25) is 11.8 Å². The van der Waals surface area contributed by atoms with Crippen LogP contribution in [0, 0.1) is 0 Å². The molecule has 0 saturated carbocycles. The van der Waals surface area contributed by atoms with Gasteiger partial charge in [-0.15, -0.1) is 11.8 Å². The highest BCUT2D eigenvalue weighted by Gasteiger charge is 2.44. The quantitative estimate of drug-likeness (QED) is 0.373. The first-order chi connectivity index (χ1) is 16.1. The van der Waals surface area contributed by atoms with Crippen molar-refractivity contribution in [1.29, 1.82) is 0 Å². The number of nitrogens with zero attached hydrogens (tertiary/aromatic N) is 2. The predicted molar refractivity (Wildman–Crippen MR) is 128 cm³/mol. The minimum Gasteiger partial charge on any atom is -0.496 e. The van der Waals surface area contributed by atoms with Gasteiger partial charge in [0.05, 0.1) is 25.0 Å². The van der Waals surface area contributed by atoms with Crippen molar-refractivity contribution in [3.8, 4) is 5.75 Å². The van der Waals surface area contributed by atoms with E-state index in [1.165, 1.54) is 21.6 Å². The third-order valence-corrected chi connectivity index (χ3v) is 6.49. The molecule has 0 aliphatic carbocycles. The minimum atomic E-state index is -0.844. The number of imide groups is 1. The zero-order chi connectivity index (χ0) is 23.2. The lowest BCUT2D eigenvalue weighted by Gasteiger charge is -2.28. The molecule has 3 aromatic rings. The van der Waals surface area contributed by atoms with Crippen LogP contribution in [0.25, 0.3) is 0 Å². The summed E-state index contributed by atoms with van der Waals surface area (Å²) in [6.07, 6.45) is -0.0361. The third-order valence-electron chi connectivity index (χ3n) is 5.45. The summed E-state index contributed by atoms with van der Waals surface area (Å²) in [6.45, 7) is 0.248. The summed E-state index contributed by atoms with van der Waals surface area (Å²) in [5, 5.41) is 0. The van der Waals surface area contributed by atoms with Crippen LogP contribution in [0.1, 0.15) is 12.0 Å². The van der Waals surface area contributed by atoms with E-state index in [1.807, 2.05) is 60.7 Å². The summed E-state index contributed by atoms with van der Waals surface area (Å²) in [5.74, 6) is -0.0865. The zero-order valence-corrected chi connectivity index (χ0v) is 19.0. The fourth-order valence-corrected chi connectivity index (χ4v) is 4.73. The van der Waals surface area contributed by atoms with Gasteiger partial charge in [-0.05, 0) is 29.8 Å². The lowest BCUT2D eigenvalue weighted by molar-refractivity contribution is -0.136. The standard InChI is InChI=1S/C26H24N2O4S/c1-32-22-14-8-9-15-23(22)33-18-25(30)27(17-19-10-4-2-5-11-19)21-16-24(29)28(26(21)31)20-12-6-3-7-13-20/h2-15,21H,16-18H2,1H3. The fourth-order valence-electron chi connectivity index (χ4n) is 3.82. The van der Waals surface area contributed by atoms with Crippen LogP contribution >= 0.6 is 11.8 Å². The number of ether oxygens (including phenoxy) is 1. The first-order valence-corrected chi connectivity index (χ1v) is 11.6. The summed E-state index contributed by atoms with van der Waals surface area (Å²) >= 11 is 1.35. The van der Waals surface area contributed by atoms with Gasteiger partial charge < -0.3 is 9.64 Å². The Bertz CT molecular complexity index is 1140. The van der Waals surface area contributed by atoms with Crippen molar-refractivity contribution >= 4 is 35.2 Å². The van der Waals surface area contributed by atoms with Crippen molar-refractivity contribution in [2.24, 2.45) is 0 Å². The SMILES string of the molecule is COc1ccccc1SCC(=O)N(Cc1ccccc1)C1CC(=O)N(c2ccccc2)C1=O. The highest BCUT2D eigenvalue weighted by Crippen LogP contribution is 2.31. The third kappa shape index (κ3) is 5.09. The Labute approximate surface area is 197 Å². The van der Waals surface area contributed by atoms with E-state index in [0.29, 0.717) is 11.4 Å². The molecule has 168 valence electrons. The average molecular weight is 461 g/mol. The van der Waals surface area contributed by atoms with Crippen molar-refractivity contribution < 1.29 is 19.1 Å². The molecule has 7 heteroatoms. The smallest absolute Gasteiger partial charge is 0.257 e. The number of amides is 3. The molecule has 1 saturated heterocycles. The lowest BCUT2D eigenvalue weighted by atomic mass is 10.1. The van der Waals surface area contributed by atoms with Crippen molar-refractivity contribution in [1.82, 2.24) is 4.90 Å². The number of para-hydroxylation sites is 2. The number of methoxy groups -OCH3 is 1. The molecular formula is C26H24N2O4S. The van der Waals surface area contributed by atoms with E-state index in [1.54, 1.807) is 31.4 Å². The monoisotopic (exact) mass is 460 g/mol. The summed E-state index contributed by atoms with van der Waals surface area (Å²) in [4.78, 5) is 43.0. The van der Waals surface area contributed by atoms with E-state index in [-0.39, 0.29) is 36.4 Å². The second kappa shape index (κ2) is 10.4. The second-order valence-electron chi connectivity index (χ2n) is 7.57. The van der Waals surface area contributed by atoms with Gasteiger partial charge in [0.15, 0.2) is 0 Å². The Hall–Kier alpha value is -3.58. The van der Waals surface area contributed by atoms with Crippen molar-refractivity contribution in [2.75, 3.05) is 17.8 Å². The Kier molecular flexibility index (Phi) is 7.10. The molecule has 1 fully saturated rings. The fraction of sp³-hybridized carbons (Fsp3) is 0.192. The normalized spacial score (nSPS) is 15.5. The first-order valence-electron chi connectivity index (χ1n) is 10.6.